The molecule has 1 aliphatic heterocycles. The first-order chi connectivity index (χ1) is 12.7. The summed E-state index contributed by atoms with van der Waals surface area (Å²) in [6, 6.07) is 7.56. The summed E-state index contributed by atoms with van der Waals surface area (Å²) < 4.78 is 11.4. The van der Waals surface area contributed by atoms with Gasteiger partial charge >= 0.3 is 0 Å². The summed E-state index contributed by atoms with van der Waals surface area (Å²) in [6.07, 6.45) is 7.57. The maximum atomic E-state index is 12.2. The lowest BCUT2D eigenvalue weighted by Gasteiger charge is -2.32. The highest BCUT2D eigenvalue weighted by atomic mass is 16.5. The fourth-order valence-electron chi connectivity index (χ4n) is 3.00. The van der Waals surface area contributed by atoms with E-state index in [4.69, 9.17) is 9.47 Å². The van der Waals surface area contributed by atoms with Crippen molar-refractivity contribution in [3.05, 3.63) is 24.3 Å². The summed E-state index contributed by atoms with van der Waals surface area (Å²) in [5.74, 6) is 1.62. The number of piperazine rings is 1. The van der Waals surface area contributed by atoms with E-state index in [0.717, 1.165) is 45.0 Å². The summed E-state index contributed by atoms with van der Waals surface area (Å²) in [4.78, 5) is 16.3. The molecule has 0 aliphatic carbocycles. The van der Waals surface area contributed by atoms with Crippen LogP contribution < -0.4 is 9.47 Å². The van der Waals surface area contributed by atoms with Crippen molar-refractivity contribution in [2.24, 2.45) is 0 Å². The van der Waals surface area contributed by atoms with Crippen LogP contribution in [0.25, 0.3) is 0 Å². The predicted molar refractivity (Wildman–Crippen MR) is 105 cm³/mol. The van der Waals surface area contributed by atoms with Gasteiger partial charge < -0.3 is 19.3 Å². The van der Waals surface area contributed by atoms with Crippen molar-refractivity contribution in [1.82, 2.24) is 9.80 Å². The highest BCUT2D eigenvalue weighted by molar-refractivity contribution is 5.77. The molecule has 1 amide bonds. The molecule has 1 aromatic rings. The van der Waals surface area contributed by atoms with Crippen LogP contribution in [0.4, 0.5) is 0 Å². The van der Waals surface area contributed by atoms with Crippen LogP contribution in [0.15, 0.2) is 24.3 Å². The number of carbonyl (C=O) groups excluding carboxylic acids is 1. The first kappa shape index (κ1) is 20.6. The van der Waals surface area contributed by atoms with Crippen molar-refractivity contribution < 1.29 is 14.3 Å². The Kier molecular flexibility index (Phi) is 9.32. The number of amides is 1. The van der Waals surface area contributed by atoms with E-state index in [2.05, 4.69) is 18.9 Å². The van der Waals surface area contributed by atoms with Gasteiger partial charge in [-0.15, -0.1) is 0 Å². The van der Waals surface area contributed by atoms with Crippen LogP contribution in [0, 0.1) is 0 Å². The quantitative estimate of drug-likeness (QED) is 0.564. The number of unbranched alkanes of at least 4 members (excludes halogenated alkanes) is 5. The van der Waals surface area contributed by atoms with Crippen LogP contribution in [0.1, 0.15) is 45.4 Å². The van der Waals surface area contributed by atoms with Crippen molar-refractivity contribution >= 4 is 5.91 Å². The Morgan fingerprint density at radius 3 is 2.12 bits per heavy atom. The Labute approximate surface area is 158 Å². The van der Waals surface area contributed by atoms with Crippen LogP contribution in [0.3, 0.4) is 0 Å². The Hall–Kier alpha value is -1.75. The van der Waals surface area contributed by atoms with Crippen LogP contribution >= 0.6 is 0 Å². The zero-order chi connectivity index (χ0) is 18.6. The molecule has 0 atom stereocenters. The van der Waals surface area contributed by atoms with E-state index >= 15 is 0 Å². The van der Waals surface area contributed by atoms with E-state index in [1.54, 1.807) is 0 Å². The molecule has 0 aromatic heterocycles. The summed E-state index contributed by atoms with van der Waals surface area (Å²) >= 11 is 0. The Morgan fingerprint density at radius 1 is 0.885 bits per heavy atom. The second-order valence-corrected chi connectivity index (χ2v) is 7.06. The van der Waals surface area contributed by atoms with Gasteiger partial charge in [0.25, 0.3) is 5.91 Å². The number of hydrogen-bond acceptors (Lipinski definition) is 4. The predicted octanol–water partition coefficient (Wildman–Crippen LogP) is 3.58. The first-order valence-corrected chi connectivity index (χ1v) is 10.0. The Morgan fingerprint density at radius 2 is 1.46 bits per heavy atom. The number of ether oxygens (including phenoxy) is 2. The van der Waals surface area contributed by atoms with Crippen LogP contribution in [-0.4, -0.2) is 62.1 Å². The molecule has 1 fully saturated rings. The average Bonchev–Trinajstić information content (AvgIpc) is 2.67. The topological polar surface area (TPSA) is 42.0 Å². The molecule has 0 bridgehead atoms. The molecule has 1 aromatic carbocycles. The van der Waals surface area contributed by atoms with E-state index in [0.29, 0.717) is 5.75 Å². The second kappa shape index (κ2) is 11.8. The highest BCUT2D eigenvalue weighted by Crippen LogP contribution is 2.18. The summed E-state index contributed by atoms with van der Waals surface area (Å²) in [5.41, 5.74) is 0. The van der Waals surface area contributed by atoms with Gasteiger partial charge in [0, 0.05) is 26.2 Å². The monoisotopic (exact) mass is 362 g/mol. The number of benzene rings is 1. The van der Waals surface area contributed by atoms with Crippen LogP contribution in [0.2, 0.25) is 0 Å². The molecule has 0 unspecified atom stereocenters. The third kappa shape index (κ3) is 7.65. The van der Waals surface area contributed by atoms with Gasteiger partial charge in [-0.05, 0) is 37.7 Å². The van der Waals surface area contributed by atoms with Crippen molar-refractivity contribution in [2.75, 3.05) is 46.4 Å². The average molecular weight is 363 g/mol. The van der Waals surface area contributed by atoms with Gasteiger partial charge in [0.1, 0.15) is 11.5 Å². The molecule has 0 saturated carbocycles. The van der Waals surface area contributed by atoms with Gasteiger partial charge in [-0.1, -0.05) is 39.0 Å². The molecule has 0 N–H and O–H groups in total. The molecule has 5 nitrogen and oxygen atoms in total. The highest BCUT2D eigenvalue weighted by Gasteiger charge is 2.19. The third-order valence-corrected chi connectivity index (χ3v) is 4.81. The van der Waals surface area contributed by atoms with E-state index in [-0.39, 0.29) is 12.5 Å². The van der Waals surface area contributed by atoms with Crippen LogP contribution in [-0.2, 0) is 4.79 Å². The third-order valence-electron chi connectivity index (χ3n) is 4.81. The zero-order valence-electron chi connectivity index (χ0n) is 16.4. The largest absolute Gasteiger partial charge is 0.494 e. The van der Waals surface area contributed by atoms with Gasteiger partial charge in [0.15, 0.2) is 6.61 Å². The maximum absolute atomic E-state index is 12.2. The Balaban J connectivity index is 1.60. The molecule has 146 valence electrons. The first-order valence-electron chi connectivity index (χ1n) is 10.0. The van der Waals surface area contributed by atoms with Crippen molar-refractivity contribution in [3.63, 3.8) is 0 Å². The van der Waals surface area contributed by atoms with E-state index in [9.17, 15) is 4.79 Å². The van der Waals surface area contributed by atoms with Crippen molar-refractivity contribution in [1.29, 1.82) is 0 Å². The maximum Gasteiger partial charge on any atom is 0.260 e. The lowest BCUT2D eigenvalue weighted by atomic mass is 10.1. The standard InChI is InChI=1S/C21H34N2O3/c1-3-4-5-6-7-8-17-25-19-9-11-20(12-10-19)26-18-21(24)23-15-13-22(2)14-16-23/h9-12H,3-8,13-18H2,1-2H3. The Bertz CT molecular complexity index is 510. The van der Waals surface area contributed by atoms with Crippen molar-refractivity contribution in [2.45, 2.75) is 45.4 Å². The molecule has 5 heteroatoms. The van der Waals surface area contributed by atoms with Crippen molar-refractivity contribution in [3.8, 4) is 11.5 Å². The molecule has 0 spiro atoms. The molecule has 0 radical (unpaired) electrons. The van der Waals surface area contributed by atoms with E-state index in [1.807, 2.05) is 29.2 Å². The lowest BCUT2D eigenvalue weighted by Crippen LogP contribution is -2.48. The molecule has 26 heavy (non-hydrogen) atoms. The zero-order valence-corrected chi connectivity index (χ0v) is 16.4. The second-order valence-electron chi connectivity index (χ2n) is 7.06. The number of nitrogens with zero attached hydrogens (tertiary/aromatic N) is 2. The molecule has 1 saturated heterocycles. The minimum Gasteiger partial charge on any atom is -0.494 e. The minimum atomic E-state index is 0.0569. The summed E-state index contributed by atoms with van der Waals surface area (Å²) in [7, 11) is 2.08. The fourth-order valence-corrected chi connectivity index (χ4v) is 3.00. The van der Waals surface area contributed by atoms with Gasteiger partial charge in [-0.2, -0.15) is 0 Å². The normalized spacial score (nSPS) is 15.1. The number of carbonyl (C=O) groups is 1. The molecular formula is C21H34N2O3. The smallest absolute Gasteiger partial charge is 0.260 e. The lowest BCUT2D eigenvalue weighted by molar-refractivity contribution is -0.134. The van der Waals surface area contributed by atoms with Gasteiger partial charge in [-0.3, -0.25) is 4.79 Å². The molecule has 1 aliphatic rings. The number of likely N-dealkylation sites (N-methyl/N-ethyl adjacent to an activating group) is 1. The van der Waals surface area contributed by atoms with E-state index < -0.39 is 0 Å². The van der Waals surface area contributed by atoms with Gasteiger partial charge in [0.05, 0.1) is 6.61 Å². The summed E-state index contributed by atoms with van der Waals surface area (Å²) in [6.45, 7) is 6.51. The molecule has 1 heterocycles. The SMILES string of the molecule is CCCCCCCCOc1ccc(OCC(=O)N2CCN(C)CC2)cc1. The van der Waals surface area contributed by atoms with Crippen LogP contribution in [0.5, 0.6) is 11.5 Å². The fraction of sp³-hybridized carbons (Fsp3) is 0.667. The molecule has 2 rings (SSSR count). The number of rotatable bonds is 11. The summed E-state index contributed by atoms with van der Waals surface area (Å²) in [5, 5.41) is 0. The van der Waals surface area contributed by atoms with E-state index in [1.165, 1.54) is 32.1 Å². The molecular weight excluding hydrogens is 328 g/mol. The minimum absolute atomic E-state index is 0.0569. The van der Waals surface area contributed by atoms with Gasteiger partial charge in [-0.25, -0.2) is 0 Å². The number of hydrogen-bond donors (Lipinski definition) is 0. The van der Waals surface area contributed by atoms with Gasteiger partial charge in [0.2, 0.25) is 0 Å².